The minimum Gasteiger partial charge on any atom is -0.316 e. The Labute approximate surface area is 75.2 Å². The van der Waals surface area contributed by atoms with Gasteiger partial charge in [-0.1, -0.05) is 11.1 Å². The van der Waals surface area contributed by atoms with E-state index in [9.17, 15) is 0 Å². The van der Waals surface area contributed by atoms with Crippen LogP contribution in [-0.4, -0.2) is 13.1 Å². The molecule has 0 aromatic carbocycles. The molecule has 0 aromatic heterocycles. The lowest BCUT2D eigenvalue weighted by Gasteiger charge is -2.23. The van der Waals surface area contributed by atoms with Crippen molar-refractivity contribution in [1.29, 1.82) is 0 Å². The van der Waals surface area contributed by atoms with Crippen molar-refractivity contribution < 1.29 is 0 Å². The van der Waals surface area contributed by atoms with Gasteiger partial charge >= 0.3 is 0 Å². The maximum absolute atomic E-state index is 3.49. The molecule has 0 saturated carbocycles. The lowest BCUT2D eigenvalue weighted by molar-refractivity contribution is 0.555. The number of hydrogen-bond acceptors (Lipinski definition) is 1. The highest BCUT2D eigenvalue weighted by molar-refractivity contribution is 5.17. The van der Waals surface area contributed by atoms with Crippen LogP contribution in [0.1, 0.15) is 44.9 Å². The van der Waals surface area contributed by atoms with Crippen molar-refractivity contribution in [3.8, 4) is 0 Å². The number of nitrogens with one attached hydrogen (secondary N) is 1. The summed E-state index contributed by atoms with van der Waals surface area (Å²) in [5.74, 6) is 0. The van der Waals surface area contributed by atoms with Gasteiger partial charge in [0.1, 0.15) is 0 Å². The second-order valence-electron chi connectivity index (χ2n) is 4.02. The van der Waals surface area contributed by atoms with E-state index < -0.39 is 0 Å². The summed E-state index contributed by atoms with van der Waals surface area (Å²) in [5.41, 5.74) is 3.62. The van der Waals surface area contributed by atoms with E-state index in [-0.39, 0.29) is 0 Å². The second-order valence-corrected chi connectivity index (χ2v) is 4.02. The van der Waals surface area contributed by atoms with E-state index in [1.54, 1.807) is 5.57 Å². The minimum absolute atomic E-state index is 1.22. The molecule has 1 N–H and O–H groups in total. The van der Waals surface area contributed by atoms with Gasteiger partial charge in [0, 0.05) is 0 Å². The van der Waals surface area contributed by atoms with Gasteiger partial charge in [0.15, 0.2) is 0 Å². The molecule has 0 atom stereocenters. The van der Waals surface area contributed by atoms with Gasteiger partial charge < -0.3 is 5.32 Å². The number of rotatable bonds is 0. The van der Waals surface area contributed by atoms with E-state index in [1.807, 2.05) is 5.57 Å². The van der Waals surface area contributed by atoms with Crippen molar-refractivity contribution in [2.75, 3.05) is 13.1 Å². The fourth-order valence-corrected chi connectivity index (χ4v) is 2.42. The summed E-state index contributed by atoms with van der Waals surface area (Å²) in [4.78, 5) is 0. The number of allylic oxidation sites excluding steroid dienone is 1. The monoisotopic (exact) mass is 165 g/mol. The van der Waals surface area contributed by atoms with Crippen LogP contribution in [0.25, 0.3) is 0 Å². The molecular formula is C11H19N. The molecule has 0 spiro atoms. The molecular weight excluding hydrogens is 146 g/mol. The van der Waals surface area contributed by atoms with Gasteiger partial charge in [0.2, 0.25) is 0 Å². The summed E-state index contributed by atoms with van der Waals surface area (Å²) in [6, 6.07) is 0. The van der Waals surface area contributed by atoms with Crippen molar-refractivity contribution in [2.45, 2.75) is 44.9 Å². The van der Waals surface area contributed by atoms with Crippen molar-refractivity contribution in [3.63, 3.8) is 0 Å². The highest BCUT2D eigenvalue weighted by Crippen LogP contribution is 2.30. The van der Waals surface area contributed by atoms with Gasteiger partial charge in [-0.15, -0.1) is 0 Å². The third-order valence-electron chi connectivity index (χ3n) is 3.14. The van der Waals surface area contributed by atoms with Crippen LogP contribution in [0.15, 0.2) is 11.1 Å². The maximum Gasteiger partial charge on any atom is -0.00115 e. The van der Waals surface area contributed by atoms with E-state index in [2.05, 4.69) is 5.32 Å². The van der Waals surface area contributed by atoms with E-state index in [4.69, 9.17) is 0 Å². The summed E-state index contributed by atoms with van der Waals surface area (Å²) < 4.78 is 0. The Morgan fingerprint density at radius 2 is 1.33 bits per heavy atom. The SMILES string of the molecule is C1CCC2=C(C1)CCCNCC2. The maximum atomic E-state index is 3.49. The first-order valence-electron chi connectivity index (χ1n) is 5.37. The molecule has 0 radical (unpaired) electrons. The van der Waals surface area contributed by atoms with Crippen molar-refractivity contribution in [2.24, 2.45) is 0 Å². The Hall–Kier alpha value is -0.300. The first-order chi connectivity index (χ1) is 5.97. The van der Waals surface area contributed by atoms with Crippen LogP contribution in [0.3, 0.4) is 0 Å². The van der Waals surface area contributed by atoms with Gasteiger partial charge in [0.05, 0.1) is 0 Å². The fraction of sp³-hybridized carbons (Fsp3) is 0.818. The lowest BCUT2D eigenvalue weighted by Crippen LogP contribution is -2.20. The molecule has 0 unspecified atom stereocenters. The predicted octanol–water partition coefficient (Wildman–Crippen LogP) is 2.63. The smallest absolute Gasteiger partial charge is 0.00115 e. The molecule has 68 valence electrons. The van der Waals surface area contributed by atoms with Crippen molar-refractivity contribution in [1.82, 2.24) is 5.32 Å². The highest BCUT2D eigenvalue weighted by atomic mass is 14.8. The fourth-order valence-electron chi connectivity index (χ4n) is 2.42. The Balaban J connectivity index is 2.06. The summed E-state index contributed by atoms with van der Waals surface area (Å²) in [6.45, 7) is 2.45. The third kappa shape index (κ3) is 1.89. The summed E-state index contributed by atoms with van der Waals surface area (Å²) >= 11 is 0. The molecule has 1 aliphatic carbocycles. The van der Waals surface area contributed by atoms with Crippen molar-refractivity contribution >= 4 is 0 Å². The Kier molecular flexibility index (Phi) is 2.83. The second kappa shape index (κ2) is 4.08. The average molecular weight is 165 g/mol. The van der Waals surface area contributed by atoms with Crippen LogP contribution in [0, 0.1) is 0 Å². The standard InChI is InChI=1S/C11H19N/c1-2-5-11-7-9-12-8-3-6-10(11)4-1/h12H,1-9H2. The Morgan fingerprint density at radius 1 is 0.667 bits per heavy atom. The van der Waals surface area contributed by atoms with Gasteiger partial charge in [0.25, 0.3) is 0 Å². The van der Waals surface area contributed by atoms with Crippen LogP contribution in [0.4, 0.5) is 0 Å². The summed E-state index contributed by atoms with van der Waals surface area (Å²) in [5, 5.41) is 3.49. The topological polar surface area (TPSA) is 12.0 Å². The Morgan fingerprint density at radius 3 is 2.17 bits per heavy atom. The molecule has 0 amide bonds. The zero-order valence-corrected chi connectivity index (χ0v) is 7.86. The van der Waals surface area contributed by atoms with Gasteiger partial charge in [-0.25, -0.2) is 0 Å². The predicted molar refractivity (Wildman–Crippen MR) is 52.2 cm³/mol. The third-order valence-corrected chi connectivity index (χ3v) is 3.14. The molecule has 2 rings (SSSR count). The molecule has 12 heavy (non-hydrogen) atoms. The number of hydrogen-bond donors (Lipinski definition) is 1. The van der Waals surface area contributed by atoms with Crippen LogP contribution in [0.2, 0.25) is 0 Å². The van der Waals surface area contributed by atoms with Crippen LogP contribution < -0.4 is 5.32 Å². The van der Waals surface area contributed by atoms with Gasteiger partial charge in [-0.3, -0.25) is 0 Å². The lowest BCUT2D eigenvalue weighted by atomic mass is 9.87. The van der Waals surface area contributed by atoms with E-state index >= 15 is 0 Å². The molecule has 0 bridgehead atoms. The summed E-state index contributed by atoms with van der Waals surface area (Å²) in [6.07, 6.45) is 9.77. The van der Waals surface area contributed by atoms with Crippen LogP contribution in [0.5, 0.6) is 0 Å². The Bertz CT molecular complexity index is 161. The molecule has 1 heteroatoms. The quantitative estimate of drug-likeness (QED) is 0.544. The van der Waals surface area contributed by atoms with Crippen LogP contribution >= 0.6 is 0 Å². The minimum atomic E-state index is 1.22. The molecule has 1 aliphatic heterocycles. The van der Waals surface area contributed by atoms with Crippen molar-refractivity contribution in [3.05, 3.63) is 11.1 Å². The van der Waals surface area contributed by atoms with E-state index in [1.165, 1.54) is 58.0 Å². The first-order valence-corrected chi connectivity index (χ1v) is 5.37. The normalized spacial score (nSPS) is 26.0. The zero-order valence-electron chi connectivity index (χ0n) is 7.86. The highest BCUT2D eigenvalue weighted by Gasteiger charge is 2.13. The van der Waals surface area contributed by atoms with Gasteiger partial charge in [-0.2, -0.15) is 0 Å². The summed E-state index contributed by atoms with van der Waals surface area (Å²) in [7, 11) is 0. The molecule has 0 fully saturated rings. The van der Waals surface area contributed by atoms with Crippen LogP contribution in [-0.2, 0) is 0 Å². The molecule has 2 aliphatic rings. The molecule has 1 nitrogen and oxygen atoms in total. The van der Waals surface area contributed by atoms with Gasteiger partial charge in [-0.05, 0) is 58.0 Å². The average Bonchev–Trinajstić information content (AvgIpc) is 2.06. The zero-order chi connectivity index (χ0) is 8.23. The largest absolute Gasteiger partial charge is 0.316 e. The molecule has 1 heterocycles. The molecule has 0 saturated heterocycles. The van der Waals surface area contributed by atoms with E-state index in [0.29, 0.717) is 0 Å². The first kappa shape index (κ1) is 8.31. The molecule has 0 aromatic rings. The van der Waals surface area contributed by atoms with E-state index in [0.717, 1.165) is 0 Å².